The van der Waals surface area contributed by atoms with E-state index < -0.39 is 11.6 Å². The summed E-state index contributed by atoms with van der Waals surface area (Å²) in [4.78, 5) is 4.60. The van der Waals surface area contributed by atoms with Crippen LogP contribution < -0.4 is 4.74 Å². The fourth-order valence-corrected chi connectivity index (χ4v) is 4.06. The van der Waals surface area contributed by atoms with E-state index in [1.165, 1.54) is 17.7 Å². The van der Waals surface area contributed by atoms with E-state index in [1.807, 2.05) is 6.07 Å². The summed E-state index contributed by atoms with van der Waals surface area (Å²) in [7, 11) is 3.32. The van der Waals surface area contributed by atoms with Crippen molar-refractivity contribution in [2.45, 2.75) is 32.2 Å². The summed E-state index contributed by atoms with van der Waals surface area (Å²) in [6.45, 7) is 4.37. The van der Waals surface area contributed by atoms with E-state index in [0.29, 0.717) is 19.6 Å². The predicted molar refractivity (Wildman–Crippen MR) is 111 cm³/mol. The minimum atomic E-state index is -0.831. The molecule has 1 N–H and O–H groups in total. The van der Waals surface area contributed by atoms with Crippen molar-refractivity contribution in [3.05, 3.63) is 64.7 Å². The van der Waals surface area contributed by atoms with Crippen molar-refractivity contribution in [2.24, 2.45) is 0 Å². The highest BCUT2D eigenvalue weighted by Gasteiger charge is 2.27. The van der Waals surface area contributed by atoms with Crippen LogP contribution in [0.4, 0.5) is 8.78 Å². The van der Waals surface area contributed by atoms with Crippen LogP contribution in [0.5, 0.6) is 5.75 Å². The third-order valence-electron chi connectivity index (χ3n) is 5.57. The zero-order chi connectivity index (χ0) is 21.5. The van der Waals surface area contributed by atoms with Gasteiger partial charge in [0.15, 0.2) is 11.6 Å². The Hall–Kier alpha value is -2.06. The maximum Gasteiger partial charge on any atom is 0.159 e. The van der Waals surface area contributed by atoms with Crippen LogP contribution in [0, 0.1) is 11.6 Å². The number of nitrogens with zero attached hydrogens (tertiary/aromatic N) is 2. The van der Waals surface area contributed by atoms with Gasteiger partial charge in [-0.1, -0.05) is 12.1 Å². The van der Waals surface area contributed by atoms with E-state index in [-0.39, 0.29) is 12.6 Å². The van der Waals surface area contributed by atoms with E-state index in [4.69, 9.17) is 9.47 Å². The van der Waals surface area contributed by atoms with Crippen LogP contribution >= 0.6 is 0 Å². The summed E-state index contributed by atoms with van der Waals surface area (Å²) >= 11 is 0. The minimum absolute atomic E-state index is 0.0906. The molecule has 0 bridgehead atoms. The molecule has 0 spiro atoms. The van der Waals surface area contributed by atoms with E-state index in [1.54, 1.807) is 20.3 Å². The molecule has 164 valence electrons. The Morgan fingerprint density at radius 3 is 2.47 bits per heavy atom. The van der Waals surface area contributed by atoms with Crippen molar-refractivity contribution in [3.8, 4) is 5.75 Å². The smallest absolute Gasteiger partial charge is 0.159 e. The molecular formula is C23H30F2N2O3. The van der Waals surface area contributed by atoms with Crippen molar-refractivity contribution in [3.63, 3.8) is 0 Å². The van der Waals surface area contributed by atoms with Gasteiger partial charge in [-0.25, -0.2) is 8.78 Å². The van der Waals surface area contributed by atoms with Gasteiger partial charge in [-0.3, -0.25) is 9.80 Å². The number of aliphatic hydroxyl groups excluding tert-OH is 1. The Labute approximate surface area is 176 Å². The van der Waals surface area contributed by atoms with E-state index in [2.05, 4.69) is 21.9 Å². The first-order chi connectivity index (χ1) is 14.5. The van der Waals surface area contributed by atoms with Crippen molar-refractivity contribution >= 4 is 0 Å². The summed E-state index contributed by atoms with van der Waals surface area (Å²) in [5.41, 5.74) is 2.94. The third kappa shape index (κ3) is 5.76. The summed E-state index contributed by atoms with van der Waals surface area (Å²) in [5.74, 6) is -0.839. The maximum absolute atomic E-state index is 13.6. The molecule has 2 aromatic carbocycles. The molecule has 1 fully saturated rings. The summed E-state index contributed by atoms with van der Waals surface area (Å²) < 4.78 is 37.5. The Balaban J connectivity index is 1.66. The second kappa shape index (κ2) is 10.8. The van der Waals surface area contributed by atoms with Gasteiger partial charge < -0.3 is 14.6 Å². The van der Waals surface area contributed by atoms with Crippen LogP contribution in [0.3, 0.4) is 0 Å². The van der Waals surface area contributed by atoms with Crippen LogP contribution in [0.2, 0.25) is 0 Å². The number of halogens is 2. The van der Waals surface area contributed by atoms with Crippen LogP contribution in [0.25, 0.3) is 0 Å². The number of piperazine rings is 1. The third-order valence-corrected chi connectivity index (χ3v) is 5.57. The highest BCUT2D eigenvalue weighted by atomic mass is 19.2. The average molecular weight is 421 g/mol. The molecule has 3 rings (SSSR count). The first-order valence-electron chi connectivity index (χ1n) is 10.2. The van der Waals surface area contributed by atoms with Crippen LogP contribution in [-0.4, -0.2) is 61.4 Å². The number of benzene rings is 2. The first-order valence-corrected chi connectivity index (χ1v) is 10.2. The van der Waals surface area contributed by atoms with Gasteiger partial charge in [-0.2, -0.15) is 0 Å². The van der Waals surface area contributed by atoms with Gasteiger partial charge >= 0.3 is 0 Å². The average Bonchev–Trinajstić information content (AvgIpc) is 2.73. The Morgan fingerprint density at radius 1 is 1.00 bits per heavy atom. The lowest BCUT2D eigenvalue weighted by Gasteiger charge is -2.41. The number of rotatable bonds is 9. The van der Waals surface area contributed by atoms with E-state index in [0.717, 1.165) is 43.1 Å². The van der Waals surface area contributed by atoms with Crippen LogP contribution in [0.15, 0.2) is 36.4 Å². The predicted octanol–water partition coefficient (Wildman–Crippen LogP) is 3.19. The van der Waals surface area contributed by atoms with Crippen molar-refractivity contribution < 1.29 is 23.4 Å². The van der Waals surface area contributed by atoms with Crippen LogP contribution in [0.1, 0.15) is 23.1 Å². The van der Waals surface area contributed by atoms with Gasteiger partial charge in [0.05, 0.1) is 13.7 Å². The monoisotopic (exact) mass is 420 g/mol. The molecule has 30 heavy (non-hydrogen) atoms. The van der Waals surface area contributed by atoms with Crippen molar-refractivity contribution in [1.29, 1.82) is 0 Å². The quantitative estimate of drug-likeness (QED) is 0.675. The van der Waals surface area contributed by atoms with E-state index >= 15 is 0 Å². The second-order valence-corrected chi connectivity index (χ2v) is 7.70. The number of hydrogen-bond acceptors (Lipinski definition) is 5. The molecule has 1 saturated heterocycles. The molecule has 1 heterocycles. The standard InChI is InChI=1S/C23H30F2N2O3/c1-29-16-19-11-17(4-6-23(19)30-2)13-26-8-9-27(20(15-26)7-10-28)14-18-3-5-21(24)22(25)12-18/h3-6,11-12,20,28H,7-10,13-16H2,1-2H3. The molecule has 0 aromatic heterocycles. The highest BCUT2D eigenvalue weighted by Crippen LogP contribution is 2.23. The Morgan fingerprint density at radius 2 is 1.77 bits per heavy atom. The largest absolute Gasteiger partial charge is 0.496 e. The molecule has 7 heteroatoms. The summed E-state index contributed by atoms with van der Waals surface area (Å²) in [6.07, 6.45) is 0.637. The highest BCUT2D eigenvalue weighted by molar-refractivity contribution is 5.37. The number of methoxy groups -OCH3 is 2. The molecule has 1 atom stereocenters. The lowest BCUT2D eigenvalue weighted by Crippen LogP contribution is -2.52. The minimum Gasteiger partial charge on any atom is -0.496 e. The number of hydrogen-bond donors (Lipinski definition) is 1. The zero-order valence-corrected chi connectivity index (χ0v) is 17.6. The van der Waals surface area contributed by atoms with Crippen molar-refractivity contribution in [1.82, 2.24) is 9.80 Å². The normalized spacial score (nSPS) is 18.0. The Kier molecular flexibility index (Phi) is 8.16. The SMILES string of the molecule is COCc1cc(CN2CCN(Cc3ccc(F)c(F)c3)C(CCO)C2)ccc1OC. The lowest BCUT2D eigenvalue weighted by molar-refractivity contribution is 0.0498. The van der Waals surface area contributed by atoms with Gasteiger partial charge in [-0.05, 0) is 41.8 Å². The van der Waals surface area contributed by atoms with Crippen LogP contribution in [-0.2, 0) is 24.4 Å². The molecule has 1 aliphatic rings. The zero-order valence-electron chi connectivity index (χ0n) is 17.6. The fraction of sp³-hybridized carbons (Fsp3) is 0.478. The van der Waals surface area contributed by atoms with Gasteiger partial charge in [0.25, 0.3) is 0 Å². The topological polar surface area (TPSA) is 45.2 Å². The van der Waals surface area contributed by atoms with Gasteiger partial charge in [-0.15, -0.1) is 0 Å². The molecule has 0 saturated carbocycles. The lowest BCUT2D eigenvalue weighted by atomic mass is 10.0. The summed E-state index contributed by atoms with van der Waals surface area (Å²) in [5, 5.41) is 9.53. The van der Waals surface area contributed by atoms with Crippen molar-refractivity contribution in [2.75, 3.05) is 40.5 Å². The van der Waals surface area contributed by atoms with Gasteiger partial charge in [0.1, 0.15) is 5.75 Å². The second-order valence-electron chi connectivity index (χ2n) is 7.70. The van der Waals surface area contributed by atoms with Gasteiger partial charge in [0.2, 0.25) is 0 Å². The molecular weight excluding hydrogens is 390 g/mol. The number of ether oxygens (including phenoxy) is 2. The molecule has 1 unspecified atom stereocenters. The summed E-state index contributed by atoms with van der Waals surface area (Å²) in [6, 6.07) is 10.3. The maximum atomic E-state index is 13.6. The molecule has 1 aliphatic heterocycles. The number of aliphatic hydroxyl groups is 1. The first kappa shape index (κ1) is 22.6. The molecule has 0 radical (unpaired) electrons. The fourth-order valence-electron chi connectivity index (χ4n) is 4.06. The molecule has 0 amide bonds. The molecule has 2 aromatic rings. The van der Waals surface area contributed by atoms with E-state index in [9.17, 15) is 13.9 Å². The molecule has 0 aliphatic carbocycles. The Bertz CT molecular complexity index is 834. The van der Waals surface area contributed by atoms with Gasteiger partial charge in [0, 0.05) is 58.0 Å². The molecule has 5 nitrogen and oxygen atoms in total.